The van der Waals surface area contributed by atoms with Crippen LogP contribution in [0.25, 0.3) is 0 Å². The third-order valence-electron chi connectivity index (χ3n) is 2.15. The fourth-order valence-corrected chi connectivity index (χ4v) is 1.41. The summed E-state index contributed by atoms with van der Waals surface area (Å²) in [6.45, 7) is 6.68. The molecule has 0 saturated heterocycles. The molecule has 1 N–H and O–H groups in total. The molecule has 0 aromatic heterocycles. The summed E-state index contributed by atoms with van der Waals surface area (Å²) in [5.41, 5.74) is 1.05. The van der Waals surface area contributed by atoms with E-state index in [1.807, 2.05) is 32.9 Å². The molecule has 0 bridgehead atoms. The summed E-state index contributed by atoms with van der Waals surface area (Å²) in [7, 11) is 0. The van der Waals surface area contributed by atoms with E-state index in [2.05, 4.69) is 5.32 Å². The van der Waals surface area contributed by atoms with Crippen LogP contribution in [0.15, 0.2) is 18.2 Å². The lowest BCUT2D eigenvalue weighted by molar-refractivity contribution is -0.123. The summed E-state index contributed by atoms with van der Waals surface area (Å²) in [5.74, 6) is 0.851. The Bertz CT molecular complexity index is 391. The highest BCUT2D eigenvalue weighted by Crippen LogP contribution is 2.24. The second-order valence-electron chi connectivity index (χ2n) is 4.42. The smallest absolute Gasteiger partial charge is 0.257 e. The Balaban J connectivity index is 2.44. The maximum Gasteiger partial charge on any atom is 0.257 e. The van der Waals surface area contributed by atoms with Crippen molar-refractivity contribution in [1.82, 2.24) is 5.32 Å². The third kappa shape index (κ3) is 5.09. The van der Waals surface area contributed by atoms with Gasteiger partial charge >= 0.3 is 0 Å². The van der Waals surface area contributed by atoms with Gasteiger partial charge in [-0.15, -0.1) is 0 Å². The molecular weight excluding hydrogens is 238 g/mol. The van der Waals surface area contributed by atoms with E-state index >= 15 is 0 Å². The monoisotopic (exact) mass is 255 g/mol. The molecule has 0 saturated carbocycles. The summed E-state index contributed by atoms with van der Waals surface area (Å²) in [6.07, 6.45) is 0. The Kier molecular flexibility index (Phi) is 5.29. The number of carbonyl (C=O) groups excluding carboxylic acids is 1. The molecule has 3 nitrogen and oxygen atoms in total. The van der Waals surface area contributed by atoms with Crippen LogP contribution in [0.3, 0.4) is 0 Å². The lowest BCUT2D eigenvalue weighted by Gasteiger charge is -2.10. The minimum Gasteiger partial charge on any atom is -0.482 e. The summed E-state index contributed by atoms with van der Waals surface area (Å²) in [6, 6.07) is 5.48. The second-order valence-corrected chi connectivity index (χ2v) is 4.83. The Morgan fingerprint density at radius 2 is 2.18 bits per heavy atom. The molecule has 0 heterocycles. The number of carbonyl (C=O) groups is 1. The van der Waals surface area contributed by atoms with Crippen molar-refractivity contribution in [3.63, 3.8) is 0 Å². The van der Waals surface area contributed by atoms with Gasteiger partial charge in [0.1, 0.15) is 5.75 Å². The number of amides is 1. The first kappa shape index (κ1) is 13.8. The Labute approximate surface area is 107 Å². The van der Waals surface area contributed by atoms with Gasteiger partial charge in [0, 0.05) is 6.54 Å². The lowest BCUT2D eigenvalue weighted by atomic mass is 10.2. The number of hydrogen-bond acceptors (Lipinski definition) is 2. The van der Waals surface area contributed by atoms with Gasteiger partial charge in [-0.1, -0.05) is 31.5 Å². The van der Waals surface area contributed by atoms with Gasteiger partial charge in [-0.2, -0.15) is 0 Å². The average Bonchev–Trinajstić information content (AvgIpc) is 2.27. The zero-order chi connectivity index (χ0) is 12.8. The maximum absolute atomic E-state index is 11.4. The molecule has 0 aliphatic carbocycles. The van der Waals surface area contributed by atoms with Gasteiger partial charge in [-0.05, 0) is 30.5 Å². The van der Waals surface area contributed by atoms with Crippen LogP contribution < -0.4 is 10.1 Å². The molecule has 17 heavy (non-hydrogen) atoms. The number of benzene rings is 1. The van der Waals surface area contributed by atoms with Crippen molar-refractivity contribution in [3.8, 4) is 5.75 Å². The second kappa shape index (κ2) is 6.50. The van der Waals surface area contributed by atoms with Crippen LogP contribution in [0.2, 0.25) is 5.02 Å². The van der Waals surface area contributed by atoms with Crippen LogP contribution in [0.1, 0.15) is 19.4 Å². The van der Waals surface area contributed by atoms with Crippen molar-refractivity contribution in [2.75, 3.05) is 13.2 Å². The molecule has 4 heteroatoms. The van der Waals surface area contributed by atoms with Gasteiger partial charge in [0.15, 0.2) is 6.61 Å². The molecule has 0 aliphatic heterocycles. The van der Waals surface area contributed by atoms with E-state index in [0.29, 0.717) is 23.2 Å². The SMILES string of the molecule is Cc1ccc(Cl)c(OCC(=O)NCC(C)C)c1. The van der Waals surface area contributed by atoms with E-state index in [-0.39, 0.29) is 12.5 Å². The Morgan fingerprint density at radius 1 is 1.47 bits per heavy atom. The van der Waals surface area contributed by atoms with E-state index in [0.717, 1.165) is 5.56 Å². The fraction of sp³-hybridized carbons (Fsp3) is 0.462. The first-order valence-electron chi connectivity index (χ1n) is 5.64. The molecule has 1 rings (SSSR count). The van der Waals surface area contributed by atoms with E-state index in [4.69, 9.17) is 16.3 Å². The molecule has 0 radical (unpaired) electrons. The van der Waals surface area contributed by atoms with Crippen LogP contribution in [-0.2, 0) is 4.79 Å². The molecule has 1 aromatic carbocycles. The number of ether oxygens (including phenoxy) is 1. The summed E-state index contributed by atoms with van der Waals surface area (Å²) in [4.78, 5) is 11.4. The van der Waals surface area contributed by atoms with Crippen molar-refractivity contribution in [2.24, 2.45) is 5.92 Å². The average molecular weight is 256 g/mol. The maximum atomic E-state index is 11.4. The van der Waals surface area contributed by atoms with E-state index in [1.54, 1.807) is 6.07 Å². The summed E-state index contributed by atoms with van der Waals surface area (Å²) >= 11 is 5.95. The van der Waals surface area contributed by atoms with E-state index in [1.165, 1.54) is 0 Å². The van der Waals surface area contributed by atoms with Crippen molar-refractivity contribution >= 4 is 17.5 Å². The molecule has 0 fully saturated rings. The zero-order valence-electron chi connectivity index (χ0n) is 10.4. The summed E-state index contributed by atoms with van der Waals surface area (Å²) in [5, 5.41) is 3.30. The van der Waals surface area contributed by atoms with Crippen molar-refractivity contribution in [2.45, 2.75) is 20.8 Å². The van der Waals surface area contributed by atoms with Crippen LogP contribution in [0.5, 0.6) is 5.75 Å². The van der Waals surface area contributed by atoms with Crippen molar-refractivity contribution in [1.29, 1.82) is 0 Å². The zero-order valence-corrected chi connectivity index (χ0v) is 11.2. The molecule has 0 aliphatic rings. The van der Waals surface area contributed by atoms with Gasteiger partial charge in [0.25, 0.3) is 5.91 Å². The van der Waals surface area contributed by atoms with Gasteiger partial charge in [0.2, 0.25) is 0 Å². The Hall–Kier alpha value is -1.22. The predicted octanol–water partition coefficient (Wildman–Crippen LogP) is 2.80. The molecule has 0 atom stereocenters. The minimum absolute atomic E-state index is 0.00407. The van der Waals surface area contributed by atoms with Crippen LogP contribution in [0.4, 0.5) is 0 Å². The highest BCUT2D eigenvalue weighted by atomic mass is 35.5. The van der Waals surface area contributed by atoms with Gasteiger partial charge in [-0.25, -0.2) is 0 Å². The first-order chi connectivity index (χ1) is 7.99. The standard InChI is InChI=1S/C13H18ClNO2/c1-9(2)7-15-13(16)8-17-12-6-10(3)4-5-11(12)14/h4-6,9H,7-8H2,1-3H3,(H,15,16). The van der Waals surface area contributed by atoms with E-state index < -0.39 is 0 Å². The van der Waals surface area contributed by atoms with E-state index in [9.17, 15) is 4.79 Å². The third-order valence-corrected chi connectivity index (χ3v) is 2.47. The van der Waals surface area contributed by atoms with Gasteiger partial charge < -0.3 is 10.1 Å². The van der Waals surface area contributed by atoms with Crippen LogP contribution in [-0.4, -0.2) is 19.1 Å². The number of rotatable bonds is 5. The molecule has 0 spiro atoms. The summed E-state index contributed by atoms with van der Waals surface area (Å²) < 4.78 is 5.37. The minimum atomic E-state index is -0.128. The number of hydrogen-bond donors (Lipinski definition) is 1. The van der Waals surface area contributed by atoms with Crippen molar-refractivity contribution in [3.05, 3.63) is 28.8 Å². The molecule has 94 valence electrons. The molecule has 1 aromatic rings. The van der Waals surface area contributed by atoms with Crippen molar-refractivity contribution < 1.29 is 9.53 Å². The van der Waals surface area contributed by atoms with Gasteiger partial charge in [-0.3, -0.25) is 4.79 Å². The molecule has 0 unspecified atom stereocenters. The topological polar surface area (TPSA) is 38.3 Å². The predicted molar refractivity (Wildman–Crippen MR) is 69.5 cm³/mol. The highest BCUT2D eigenvalue weighted by Gasteiger charge is 2.06. The van der Waals surface area contributed by atoms with Gasteiger partial charge in [0.05, 0.1) is 5.02 Å². The largest absolute Gasteiger partial charge is 0.482 e. The fourth-order valence-electron chi connectivity index (χ4n) is 1.23. The highest BCUT2D eigenvalue weighted by molar-refractivity contribution is 6.32. The first-order valence-corrected chi connectivity index (χ1v) is 6.02. The normalized spacial score (nSPS) is 10.4. The quantitative estimate of drug-likeness (QED) is 0.879. The number of halogens is 1. The number of aryl methyl sites for hydroxylation is 1. The lowest BCUT2D eigenvalue weighted by Crippen LogP contribution is -2.31. The molecular formula is C13H18ClNO2. The van der Waals surface area contributed by atoms with Crippen LogP contribution in [0, 0.1) is 12.8 Å². The Morgan fingerprint density at radius 3 is 2.82 bits per heavy atom. The molecule has 1 amide bonds. The number of nitrogens with one attached hydrogen (secondary N) is 1. The van der Waals surface area contributed by atoms with Crippen LogP contribution >= 0.6 is 11.6 Å².